The van der Waals surface area contributed by atoms with Crippen LogP contribution in [0, 0.1) is 0 Å². The molecule has 4 nitrogen and oxygen atoms in total. The number of benzene rings is 4. The number of anilines is 2. The molecule has 33 heavy (non-hydrogen) atoms. The third-order valence-corrected chi connectivity index (χ3v) is 5.66. The molecule has 2 N–H and O–H groups in total. The third-order valence-electron chi connectivity index (χ3n) is 5.66. The highest BCUT2D eigenvalue weighted by Gasteiger charge is 2.19. The molecule has 0 bridgehead atoms. The van der Waals surface area contributed by atoms with E-state index in [9.17, 15) is 4.79 Å². The predicted molar refractivity (Wildman–Crippen MR) is 135 cm³/mol. The molecule has 4 radical (unpaired) electrons. The maximum atomic E-state index is 12.6. The first-order valence-corrected chi connectivity index (χ1v) is 10.7. The number of hydrogen-bond donors (Lipinski definition) is 2. The number of nitrogens with one attached hydrogen (secondary N) is 2. The second kappa shape index (κ2) is 8.91. The minimum absolute atomic E-state index is 0.176. The lowest BCUT2D eigenvalue weighted by Crippen LogP contribution is -2.14. The molecule has 5 rings (SSSR count). The van der Waals surface area contributed by atoms with Gasteiger partial charge in [-0.25, -0.2) is 0 Å². The van der Waals surface area contributed by atoms with E-state index in [1.807, 2.05) is 36.4 Å². The Morgan fingerprint density at radius 1 is 0.788 bits per heavy atom. The van der Waals surface area contributed by atoms with Gasteiger partial charge in [0.25, 0.3) is 5.91 Å². The molecule has 0 heterocycles. The van der Waals surface area contributed by atoms with Crippen LogP contribution in [0.1, 0.15) is 21.5 Å². The number of amides is 1. The first-order chi connectivity index (χ1) is 16.0. The zero-order valence-corrected chi connectivity index (χ0v) is 18.0. The first-order valence-electron chi connectivity index (χ1n) is 10.7. The second-order valence-corrected chi connectivity index (χ2v) is 8.04. The van der Waals surface area contributed by atoms with Crippen LogP contribution in [0.2, 0.25) is 0 Å². The van der Waals surface area contributed by atoms with Crippen molar-refractivity contribution in [3.8, 4) is 16.9 Å². The lowest BCUT2D eigenvalue weighted by atomic mass is 9.94. The number of carbonyl (C=O) groups excluding carboxylic acids is 1. The van der Waals surface area contributed by atoms with E-state index >= 15 is 0 Å². The molecule has 1 aliphatic carbocycles. The summed E-state index contributed by atoms with van der Waals surface area (Å²) in [4.78, 5) is 12.6. The normalized spacial score (nSPS) is 11.4. The van der Waals surface area contributed by atoms with Crippen molar-refractivity contribution in [3.05, 3.63) is 102 Å². The maximum Gasteiger partial charge on any atom is 0.255 e. The quantitative estimate of drug-likeness (QED) is 0.323. The lowest BCUT2D eigenvalue weighted by Gasteiger charge is -2.11. The van der Waals surface area contributed by atoms with Gasteiger partial charge in [-0.2, -0.15) is 0 Å². The maximum absolute atomic E-state index is 12.6. The summed E-state index contributed by atoms with van der Waals surface area (Å²) in [6.45, 7) is 0.343. The number of fused-ring (bicyclic) bond motifs is 3. The highest BCUT2D eigenvalue weighted by molar-refractivity contribution is 6.33. The van der Waals surface area contributed by atoms with Crippen LogP contribution in [0.3, 0.4) is 0 Å². The fourth-order valence-corrected chi connectivity index (χ4v) is 4.09. The zero-order chi connectivity index (χ0) is 22.8. The molecule has 6 heteroatoms. The topological polar surface area (TPSA) is 50.4 Å². The van der Waals surface area contributed by atoms with E-state index in [0.29, 0.717) is 23.2 Å². The fourth-order valence-electron chi connectivity index (χ4n) is 4.09. The highest BCUT2D eigenvalue weighted by Crippen LogP contribution is 2.39. The van der Waals surface area contributed by atoms with Crippen molar-refractivity contribution in [3.63, 3.8) is 0 Å². The summed E-state index contributed by atoms with van der Waals surface area (Å²) in [5.74, 6) is 0.549. The van der Waals surface area contributed by atoms with Crippen molar-refractivity contribution in [1.29, 1.82) is 0 Å². The summed E-state index contributed by atoms with van der Waals surface area (Å²) < 4.78 is 5.73. The standard InChI is InChI=1S/C27H20B2N2O2/c28-20-4-1-3-17(12-20)27(32)31-23-8-10-26-19(14-23)11-18-13-22(7-9-25(18)26)30-16-33-24-6-2-5-21(29)15-24/h1-10,12-15,30H,11,16H2,(H,31,32). The Morgan fingerprint density at radius 2 is 1.45 bits per heavy atom. The van der Waals surface area contributed by atoms with Gasteiger partial charge in [-0.05, 0) is 71.1 Å². The molecular formula is C27H20B2N2O2. The Morgan fingerprint density at radius 3 is 2.18 bits per heavy atom. The van der Waals surface area contributed by atoms with Crippen LogP contribution in [0.25, 0.3) is 11.1 Å². The average molecular weight is 426 g/mol. The van der Waals surface area contributed by atoms with Gasteiger partial charge in [-0.15, -0.1) is 0 Å². The van der Waals surface area contributed by atoms with Gasteiger partial charge in [-0.3, -0.25) is 4.79 Å². The Bertz CT molecular complexity index is 1350. The molecule has 0 spiro atoms. The Kier molecular flexibility index (Phi) is 5.66. The molecule has 0 saturated carbocycles. The number of carbonyl (C=O) groups is 1. The summed E-state index contributed by atoms with van der Waals surface area (Å²) in [5.41, 5.74) is 8.34. The zero-order valence-electron chi connectivity index (χ0n) is 18.0. The molecule has 0 fully saturated rings. The number of ether oxygens (including phenoxy) is 1. The number of rotatable bonds is 6. The van der Waals surface area contributed by atoms with Gasteiger partial charge >= 0.3 is 0 Å². The van der Waals surface area contributed by atoms with Crippen LogP contribution in [0.4, 0.5) is 11.4 Å². The van der Waals surface area contributed by atoms with E-state index in [4.69, 9.17) is 20.4 Å². The molecular weight excluding hydrogens is 406 g/mol. The van der Waals surface area contributed by atoms with Crippen molar-refractivity contribution in [2.75, 3.05) is 17.4 Å². The SMILES string of the molecule is [B]c1cccc(OCNc2ccc3c(c2)Cc2cc(NC(=O)c4cccc([B])c4)ccc2-3)c1. The van der Waals surface area contributed by atoms with E-state index in [0.717, 1.165) is 23.5 Å². The van der Waals surface area contributed by atoms with Gasteiger partial charge in [0, 0.05) is 16.9 Å². The minimum Gasteiger partial charge on any atom is -0.473 e. The number of hydrogen-bond acceptors (Lipinski definition) is 3. The van der Waals surface area contributed by atoms with Crippen LogP contribution in [-0.4, -0.2) is 28.3 Å². The van der Waals surface area contributed by atoms with Crippen LogP contribution < -0.4 is 26.3 Å². The summed E-state index contributed by atoms with van der Waals surface area (Å²) in [5, 5.41) is 6.27. The van der Waals surface area contributed by atoms with Gasteiger partial charge < -0.3 is 15.4 Å². The van der Waals surface area contributed by atoms with Crippen molar-refractivity contribution in [2.24, 2.45) is 0 Å². The summed E-state index contributed by atoms with van der Waals surface area (Å²) in [6, 6.07) is 26.7. The largest absolute Gasteiger partial charge is 0.473 e. The molecule has 0 unspecified atom stereocenters. The molecule has 156 valence electrons. The van der Waals surface area contributed by atoms with Gasteiger partial charge in [0.2, 0.25) is 0 Å². The monoisotopic (exact) mass is 426 g/mol. The lowest BCUT2D eigenvalue weighted by molar-refractivity contribution is 0.102. The van der Waals surface area contributed by atoms with Crippen LogP contribution in [-0.2, 0) is 6.42 Å². The van der Waals surface area contributed by atoms with Crippen molar-refractivity contribution in [1.82, 2.24) is 0 Å². The Labute approximate surface area is 195 Å². The van der Waals surface area contributed by atoms with E-state index in [1.165, 1.54) is 22.3 Å². The van der Waals surface area contributed by atoms with Gasteiger partial charge in [0.15, 0.2) is 6.73 Å². The molecule has 4 aromatic carbocycles. The average Bonchev–Trinajstić information content (AvgIpc) is 3.16. The molecule has 0 atom stereocenters. The smallest absolute Gasteiger partial charge is 0.255 e. The summed E-state index contributed by atoms with van der Waals surface area (Å²) >= 11 is 0. The molecule has 0 aliphatic heterocycles. The molecule has 1 aliphatic rings. The van der Waals surface area contributed by atoms with Crippen LogP contribution in [0.15, 0.2) is 84.9 Å². The van der Waals surface area contributed by atoms with Crippen LogP contribution >= 0.6 is 0 Å². The molecule has 0 aromatic heterocycles. The molecule has 0 saturated heterocycles. The Balaban J connectivity index is 1.25. The van der Waals surface area contributed by atoms with E-state index in [2.05, 4.69) is 28.8 Å². The molecule has 1 amide bonds. The summed E-state index contributed by atoms with van der Waals surface area (Å²) in [6.07, 6.45) is 0.804. The second-order valence-electron chi connectivity index (χ2n) is 8.04. The van der Waals surface area contributed by atoms with Crippen molar-refractivity contribution < 1.29 is 9.53 Å². The fraction of sp³-hybridized carbons (Fsp3) is 0.0741. The van der Waals surface area contributed by atoms with Gasteiger partial charge in [0.1, 0.15) is 21.4 Å². The molecule has 4 aromatic rings. The predicted octanol–water partition coefficient (Wildman–Crippen LogP) is 3.55. The van der Waals surface area contributed by atoms with Crippen molar-refractivity contribution in [2.45, 2.75) is 6.42 Å². The van der Waals surface area contributed by atoms with Gasteiger partial charge in [0.05, 0.1) is 0 Å². The van der Waals surface area contributed by atoms with Gasteiger partial charge in [-0.1, -0.05) is 53.4 Å². The third kappa shape index (κ3) is 4.65. The van der Waals surface area contributed by atoms with Crippen molar-refractivity contribution >= 4 is 43.9 Å². The summed E-state index contributed by atoms with van der Waals surface area (Å²) in [7, 11) is 11.6. The first kappa shape index (κ1) is 21.0. The highest BCUT2D eigenvalue weighted by atomic mass is 16.5. The van der Waals surface area contributed by atoms with E-state index in [-0.39, 0.29) is 5.91 Å². The van der Waals surface area contributed by atoms with Crippen LogP contribution in [0.5, 0.6) is 5.75 Å². The van der Waals surface area contributed by atoms with E-state index < -0.39 is 0 Å². The van der Waals surface area contributed by atoms with E-state index in [1.54, 1.807) is 30.3 Å². The minimum atomic E-state index is -0.176. The Hall–Kier alpha value is -3.92.